The van der Waals surface area contributed by atoms with Crippen LogP contribution >= 0.6 is 11.6 Å². The van der Waals surface area contributed by atoms with Crippen LogP contribution in [0.4, 0.5) is 0 Å². The molecule has 0 amide bonds. The van der Waals surface area contributed by atoms with E-state index in [9.17, 15) is 4.79 Å². The minimum absolute atomic E-state index is 0.00321. The number of nitrogens with zero attached hydrogens (tertiary/aromatic N) is 1. The van der Waals surface area contributed by atoms with E-state index in [0.29, 0.717) is 16.4 Å². The van der Waals surface area contributed by atoms with Gasteiger partial charge in [0.05, 0.1) is 5.57 Å². The fourth-order valence-corrected chi connectivity index (χ4v) is 2.89. The fourth-order valence-electron chi connectivity index (χ4n) is 2.70. The topological polar surface area (TPSA) is 46.3 Å². The summed E-state index contributed by atoms with van der Waals surface area (Å²) in [7, 11) is 1.84. The van der Waals surface area contributed by atoms with Crippen molar-refractivity contribution in [3.8, 4) is 0 Å². The van der Waals surface area contributed by atoms with Crippen molar-refractivity contribution in [3.63, 3.8) is 0 Å². The maximum Gasteiger partial charge on any atom is 0.194 e. The monoisotopic (exact) mass is 298 g/mol. The van der Waals surface area contributed by atoms with E-state index in [0.717, 1.165) is 11.1 Å². The summed E-state index contributed by atoms with van der Waals surface area (Å²) >= 11 is 6.02. The largest absolute Gasteiger partial charge is 0.385 e. The molecule has 106 valence electrons. The molecule has 0 fully saturated rings. The van der Waals surface area contributed by atoms with Crippen LogP contribution < -0.4 is 5.73 Å². The fraction of sp³-hybridized carbons (Fsp3) is 0.118. The van der Waals surface area contributed by atoms with Crippen LogP contribution in [0, 0.1) is 0 Å². The Hall–Kier alpha value is -2.26. The second-order valence-corrected chi connectivity index (χ2v) is 5.50. The first kappa shape index (κ1) is 13.7. The first-order valence-corrected chi connectivity index (χ1v) is 7.05. The van der Waals surface area contributed by atoms with E-state index in [1.807, 2.05) is 54.4 Å². The van der Waals surface area contributed by atoms with Crippen molar-refractivity contribution in [1.82, 2.24) is 4.90 Å². The van der Waals surface area contributed by atoms with Gasteiger partial charge in [0.15, 0.2) is 5.78 Å². The molecule has 3 rings (SSSR count). The van der Waals surface area contributed by atoms with Crippen LogP contribution in [0.15, 0.2) is 60.4 Å². The van der Waals surface area contributed by atoms with Gasteiger partial charge in [0.25, 0.3) is 0 Å². The molecule has 1 heterocycles. The molecular formula is C17H15ClN2O. The Morgan fingerprint density at radius 2 is 1.81 bits per heavy atom. The van der Waals surface area contributed by atoms with E-state index in [1.54, 1.807) is 12.1 Å². The van der Waals surface area contributed by atoms with Gasteiger partial charge in [-0.2, -0.15) is 0 Å². The Morgan fingerprint density at radius 3 is 2.48 bits per heavy atom. The number of halogens is 1. The van der Waals surface area contributed by atoms with Gasteiger partial charge in [0.1, 0.15) is 11.9 Å². The second-order valence-electron chi connectivity index (χ2n) is 5.06. The number of ketones is 1. The number of carbonyl (C=O) groups excluding carboxylic acids is 1. The highest BCUT2D eigenvalue weighted by atomic mass is 35.5. The molecule has 1 unspecified atom stereocenters. The quantitative estimate of drug-likeness (QED) is 0.926. The summed E-state index contributed by atoms with van der Waals surface area (Å²) in [6.45, 7) is 0. The summed E-state index contributed by atoms with van der Waals surface area (Å²) in [4.78, 5) is 14.6. The number of hydrogen-bond acceptors (Lipinski definition) is 3. The summed E-state index contributed by atoms with van der Waals surface area (Å²) in [5.74, 6) is 0.486. The third kappa shape index (κ3) is 2.30. The molecule has 0 aromatic heterocycles. The van der Waals surface area contributed by atoms with Gasteiger partial charge in [-0.3, -0.25) is 4.79 Å². The molecule has 0 saturated heterocycles. The molecule has 2 N–H and O–H groups in total. The highest BCUT2D eigenvalue weighted by molar-refractivity contribution is 6.31. The van der Waals surface area contributed by atoms with Crippen molar-refractivity contribution in [2.24, 2.45) is 5.73 Å². The second kappa shape index (κ2) is 5.26. The number of likely N-dealkylation sites (N-methyl/N-ethyl adjacent to an activating group) is 1. The lowest BCUT2D eigenvalue weighted by Crippen LogP contribution is -2.25. The Labute approximate surface area is 128 Å². The van der Waals surface area contributed by atoms with Crippen molar-refractivity contribution in [2.45, 2.75) is 6.04 Å². The molecule has 1 aliphatic heterocycles. The average Bonchev–Trinajstić information content (AvgIpc) is 2.70. The molecule has 0 radical (unpaired) electrons. The third-order valence-electron chi connectivity index (χ3n) is 3.75. The zero-order valence-corrected chi connectivity index (χ0v) is 12.3. The van der Waals surface area contributed by atoms with Crippen LogP contribution in [0.3, 0.4) is 0 Å². The molecule has 0 bridgehead atoms. The van der Waals surface area contributed by atoms with Crippen LogP contribution in [0.1, 0.15) is 17.2 Å². The Morgan fingerprint density at radius 1 is 1.10 bits per heavy atom. The van der Waals surface area contributed by atoms with E-state index in [-0.39, 0.29) is 11.8 Å². The predicted molar refractivity (Wildman–Crippen MR) is 84.5 cm³/mol. The lowest BCUT2D eigenvalue weighted by molar-refractivity contribution is -0.116. The molecule has 21 heavy (non-hydrogen) atoms. The number of rotatable bonds is 2. The van der Waals surface area contributed by atoms with Gasteiger partial charge >= 0.3 is 0 Å². The predicted octanol–water partition coefficient (Wildman–Crippen LogP) is 3.22. The van der Waals surface area contributed by atoms with E-state index in [1.165, 1.54) is 0 Å². The minimum Gasteiger partial charge on any atom is -0.385 e. The lowest BCUT2D eigenvalue weighted by Gasteiger charge is -2.21. The number of hydrogen-bond donors (Lipinski definition) is 1. The molecular weight excluding hydrogens is 284 g/mol. The third-order valence-corrected chi connectivity index (χ3v) is 3.98. The molecule has 4 heteroatoms. The highest BCUT2D eigenvalue weighted by Gasteiger charge is 2.37. The molecule has 1 aliphatic rings. The van der Waals surface area contributed by atoms with Crippen molar-refractivity contribution in [2.75, 3.05) is 7.05 Å². The molecule has 2 aromatic rings. The Kier molecular flexibility index (Phi) is 3.43. The van der Waals surface area contributed by atoms with Gasteiger partial charge in [-0.15, -0.1) is 0 Å². The summed E-state index contributed by atoms with van der Waals surface area (Å²) in [6.07, 6.45) is 0. The standard InChI is InChI=1S/C17H15ClN2O/c1-20-15(11-6-3-2-4-7-11)16(21)14(17(20)19)12-8-5-9-13(18)10-12/h2-10,15H,19H2,1H3. The van der Waals surface area contributed by atoms with Crippen molar-refractivity contribution < 1.29 is 4.79 Å². The molecule has 0 aliphatic carbocycles. The molecule has 1 atom stereocenters. The summed E-state index contributed by atoms with van der Waals surface area (Å²) in [5.41, 5.74) is 8.40. The number of carbonyl (C=O) groups is 1. The van der Waals surface area contributed by atoms with E-state index >= 15 is 0 Å². The SMILES string of the molecule is CN1C(N)=C(c2cccc(Cl)c2)C(=O)C1c1ccccc1. The number of Topliss-reactive ketones (excluding diaryl/α,β-unsaturated/α-hetero) is 1. The first-order chi connectivity index (χ1) is 10.1. The minimum atomic E-state index is -0.375. The van der Waals surface area contributed by atoms with Gasteiger partial charge in [-0.05, 0) is 23.3 Å². The molecule has 3 nitrogen and oxygen atoms in total. The summed E-state index contributed by atoms with van der Waals surface area (Å²) in [6, 6.07) is 16.5. The maximum atomic E-state index is 12.8. The smallest absolute Gasteiger partial charge is 0.194 e. The van der Waals surface area contributed by atoms with Crippen LogP contribution in [-0.4, -0.2) is 17.7 Å². The highest BCUT2D eigenvalue weighted by Crippen LogP contribution is 2.37. The van der Waals surface area contributed by atoms with E-state index < -0.39 is 0 Å². The van der Waals surface area contributed by atoms with Gasteiger partial charge in [0.2, 0.25) is 0 Å². The molecule has 0 saturated carbocycles. The zero-order valence-electron chi connectivity index (χ0n) is 11.6. The lowest BCUT2D eigenvalue weighted by atomic mass is 9.96. The number of benzene rings is 2. The molecule has 0 spiro atoms. The van der Waals surface area contributed by atoms with Gasteiger partial charge in [-0.25, -0.2) is 0 Å². The average molecular weight is 299 g/mol. The zero-order chi connectivity index (χ0) is 15.0. The van der Waals surface area contributed by atoms with Gasteiger partial charge < -0.3 is 10.6 Å². The maximum absolute atomic E-state index is 12.8. The van der Waals surface area contributed by atoms with E-state index in [4.69, 9.17) is 17.3 Å². The van der Waals surface area contributed by atoms with Gasteiger partial charge in [-0.1, -0.05) is 54.1 Å². The van der Waals surface area contributed by atoms with Gasteiger partial charge in [0, 0.05) is 12.1 Å². The van der Waals surface area contributed by atoms with Crippen molar-refractivity contribution >= 4 is 23.0 Å². The van der Waals surface area contributed by atoms with Crippen molar-refractivity contribution in [1.29, 1.82) is 0 Å². The van der Waals surface area contributed by atoms with Crippen LogP contribution in [0.25, 0.3) is 5.57 Å². The first-order valence-electron chi connectivity index (χ1n) is 6.67. The normalized spacial score (nSPS) is 18.5. The summed E-state index contributed by atoms with van der Waals surface area (Å²) < 4.78 is 0. The Balaban J connectivity index is 2.05. The van der Waals surface area contributed by atoms with Crippen LogP contribution in [-0.2, 0) is 4.79 Å². The number of nitrogens with two attached hydrogens (primary N) is 1. The Bertz CT molecular complexity index is 725. The molecule has 2 aromatic carbocycles. The van der Waals surface area contributed by atoms with E-state index in [2.05, 4.69) is 0 Å². The van der Waals surface area contributed by atoms with Crippen molar-refractivity contribution in [3.05, 3.63) is 76.6 Å². The van der Waals surface area contributed by atoms with Crippen LogP contribution in [0.5, 0.6) is 0 Å². The summed E-state index contributed by atoms with van der Waals surface area (Å²) in [5, 5.41) is 0.589. The van der Waals surface area contributed by atoms with Crippen LogP contribution in [0.2, 0.25) is 5.02 Å².